The van der Waals surface area contributed by atoms with E-state index in [9.17, 15) is 19.5 Å². The summed E-state index contributed by atoms with van der Waals surface area (Å²) in [6, 6.07) is 0. The molecule has 0 aromatic carbocycles. The highest BCUT2D eigenvalue weighted by Crippen LogP contribution is 2.46. The zero-order valence-corrected chi connectivity index (χ0v) is 39.0. The Morgan fingerprint density at radius 3 is 1.62 bits per heavy atom. The van der Waals surface area contributed by atoms with E-state index in [1.165, 1.54) is 13.8 Å². The number of Topliss-reactive ketones (excluding diaryl/α,β-unsaturated/α-hetero) is 2. The number of hydrogen-bond donors (Lipinski definition) is 3. The first-order valence-corrected chi connectivity index (χ1v) is 22.7. The molecule has 17 nitrogen and oxygen atoms in total. The molecule has 0 spiro atoms. The molecule has 8 bridgehead atoms. The average Bonchev–Trinajstić information content (AvgIpc) is 4.04. The molecule has 6 rings (SSSR count). The second kappa shape index (κ2) is 24.7. The van der Waals surface area contributed by atoms with Gasteiger partial charge in [-0.1, -0.05) is 6.92 Å². The monoisotopic (exact) mass is 916 g/mol. The number of nitrogens with zero attached hydrogens (tertiary/aromatic N) is 3. The Kier molecular flexibility index (Phi) is 18.9. The summed E-state index contributed by atoms with van der Waals surface area (Å²) in [6.45, 7) is 16.6. The molecule has 0 aromatic rings. The standard InChI is InChI=1S/C49H64N4O13/c1-29-35(7-8-44(58)66-24-23-65-22-21-64-20-19-63-18-17-62-16-15-61-14-13-60-12-11-59-10-9-54)48-36-25-43(57)47-32(4)40(53-49(36)47)28-42-46(34(6)56)31(3)39(51-42)27-41-45(33(5)55)30(2)38(50-41)26-37(29)52-48/h26-29,35,52,54,57H,7-25H2,1-6H3/t29-,35-/m0/s1. The van der Waals surface area contributed by atoms with Gasteiger partial charge >= 0.3 is 5.97 Å². The Morgan fingerprint density at radius 1 is 0.652 bits per heavy atom. The van der Waals surface area contributed by atoms with Crippen LogP contribution in [0.5, 0.6) is 0 Å². The predicted octanol–water partition coefficient (Wildman–Crippen LogP) is 4.86. The van der Waals surface area contributed by atoms with Crippen LogP contribution in [0.4, 0.5) is 0 Å². The number of carbonyl (C=O) groups is 3. The number of hydrogen-bond acceptors (Lipinski definition) is 17. The third-order valence-corrected chi connectivity index (χ3v) is 11.9. The number of carbonyl (C=O) groups excluding carboxylic acids is 3. The summed E-state index contributed by atoms with van der Waals surface area (Å²) in [4.78, 5) is 54.0. The highest BCUT2D eigenvalue weighted by atomic mass is 16.6. The van der Waals surface area contributed by atoms with Crippen molar-refractivity contribution in [2.45, 2.75) is 60.8 Å². The molecule has 0 radical (unpaired) electrons. The van der Waals surface area contributed by atoms with Crippen molar-refractivity contribution < 1.29 is 62.5 Å². The van der Waals surface area contributed by atoms with Crippen molar-refractivity contribution in [1.82, 2.24) is 5.32 Å². The summed E-state index contributed by atoms with van der Waals surface area (Å²) in [5.41, 5.74) is 9.72. The van der Waals surface area contributed by atoms with Crippen molar-refractivity contribution in [3.05, 3.63) is 91.5 Å². The number of rotatable bonds is 28. The third-order valence-electron chi connectivity index (χ3n) is 11.9. The van der Waals surface area contributed by atoms with Crippen LogP contribution in [-0.4, -0.2) is 151 Å². The number of aliphatic hydroxyl groups excluding tert-OH is 2. The number of ketones is 2. The first-order chi connectivity index (χ1) is 31.9. The van der Waals surface area contributed by atoms with E-state index in [0.29, 0.717) is 149 Å². The van der Waals surface area contributed by atoms with Crippen molar-refractivity contribution in [1.29, 1.82) is 0 Å². The van der Waals surface area contributed by atoms with Gasteiger partial charge in [0, 0.05) is 58.4 Å². The van der Waals surface area contributed by atoms with Gasteiger partial charge < -0.3 is 53.4 Å². The molecule has 0 unspecified atom stereocenters. The predicted molar refractivity (Wildman–Crippen MR) is 246 cm³/mol. The molecule has 358 valence electrons. The summed E-state index contributed by atoms with van der Waals surface area (Å²) in [6.07, 6.45) is 6.39. The summed E-state index contributed by atoms with van der Waals surface area (Å²) < 4.78 is 43.6. The zero-order valence-electron chi connectivity index (χ0n) is 39.0. The third kappa shape index (κ3) is 12.7. The lowest BCUT2D eigenvalue weighted by atomic mass is 9.86. The van der Waals surface area contributed by atoms with Gasteiger partial charge in [0.05, 0.1) is 133 Å². The van der Waals surface area contributed by atoms with Gasteiger partial charge in [-0.15, -0.1) is 0 Å². The van der Waals surface area contributed by atoms with E-state index in [2.05, 4.69) is 12.2 Å². The fourth-order valence-corrected chi connectivity index (χ4v) is 8.54. The number of ether oxygens (including phenoxy) is 8. The Morgan fingerprint density at radius 2 is 1.12 bits per heavy atom. The van der Waals surface area contributed by atoms with Gasteiger partial charge in [0.2, 0.25) is 0 Å². The molecule has 5 aliphatic heterocycles. The second-order valence-corrected chi connectivity index (χ2v) is 16.4. The quantitative estimate of drug-likeness (QED) is 0.0707. The molecule has 3 N–H and O–H groups in total. The van der Waals surface area contributed by atoms with E-state index in [4.69, 9.17) is 58.0 Å². The molecule has 6 aliphatic rings. The molecule has 1 saturated heterocycles. The summed E-state index contributed by atoms with van der Waals surface area (Å²) in [5, 5.41) is 23.7. The lowest BCUT2D eigenvalue weighted by Gasteiger charge is -2.17. The van der Waals surface area contributed by atoms with Crippen LogP contribution in [-0.2, 0) is 52.3 Å². The Balaban J connectivity index is 0.967. The Hall–Kier alpha value is -4.98. The van der Waals surface area contributed by atoms with Crippen molar-refractivity contribution in [2.24, 2.45) is 26.8 Å². The van der Waals surface area contributed by atoms with Gasteiger partial charge in [-0.25, -0.2) is 15.0 Å². The van der Waals surface area contributed by atoms with Gasteiger partial charge in [0.15, 0.2) is 11.6 Å². The number of aliphatic hydroxyl groups is 2. The molecule has 1 fully saturated rings. The lowest BCUT2D eigenvalue weighted by molar-refractivity contribution is -0.145. The fourth-order valence-electron chi connectivity index (χ4n) is 8.54. The maximum Gasteiger partial charge on any atom is 0.305 e. The first-order valence-electron chi connectivity index (χ1n) is 22.7. The fraction of sp³-hybridized carbons (Fsp3) is 0.551. The van der Waals surface area contributed by atoms with Crippen LogP contribution in [0.1, 0.15) is 60.8 Å². The minimum absolute atomic E-state index is 0.00367. The highest BCUT2D eigenvalue weighted by molar-refractivity contribution is 6.23. The lowest BCUT2D eigenvalue weighted by Crippen LogP contribution is -2.17. The number of fused-ring (bicyclic) bond motifs is 5. The van der Waals surface area contributed by atoms with Crippen molar-refractivity contribution in [3.63, 3.8) is 0 Å². The van der Waals surface area contributed by atoms with Gasteiger partial charge in [-0.3, -0.25) is 14.4 Å². The maximum absolute atomic E-state index is 13.1. The molecular weight excluding hydrogens is 853 g/mol. The van der Waals surface area contributed by atoms with E-state index in [1.54, 1.807) is 12.2 Å². The zero-order chi connectivity index (χ0) is 47.2. The number of nitrogens with one attached hydrogen (secondary N) is 1. The normalized spacial score (nSPS) is 20.0. The smallest absolute Gasteiger partial charge is 0.305 e. The van der Waals surface area contributed by atoms with E-state index in [1.807, 2.05) is 26.8 Å². The molecule has 0 amide bonds. The molecule has 5 heterocycles. The maximum atomic E-state index is 13.1. The van der Waals surface area contributed by atoms with Gasteiger partial charge in [-0.05, 0) is 76.0 Å². The number of allylic oxidation sites excluding steroid dienone is 12. The van der Waals surface area contributed by atoms with E-state index in [0.717, 1.165) is 28.1 Å². The van der Waals surface area contributed by atoms with E-state index < -0.39 is 0 Å². The van der Waals surface area contributed by atoms with Gasteiger partial charge in [0.25, 0.3) is 0 Å². The minimum atomic E-state index is -0.350. The summed E-state index contributed by atoms with van der Waals surface area (Å²) >= 11 is 0. The molecule has 0 aromatic heterocycles. The summed E-state index contributed by atoms with van der Waals surface area (Å²) in [5.74, 6) is -0.675. The van der Waals surface area contributed by atoms with Crippen LogP contribution in [0.2, 0.25) is 0 Å². The molecular formula is C49H64N4O13. The molecule has 66 heavy (non-hydrogen) atoms. The molecule has 0 saturated carbocycles. The van der Waals surface area contributed by atoms with E-state index >= 15 is 0 Å². The highest BCUT2D eigenvalue weighted by Gasteiger charge is 2.41. The van der Waals surface area contributed by atoms with Crippen LogP contribution in [0.25, 0.3) is 0 Å². The minimum Gasteiger partial charge on any atom is -0.511 e. The average molecular weight is 917 g/mol. The molecule has 2 atom stereocenters. The number of aliphatic imine (C=N–C) groups is 3. The van der Waals surface area contributed by atoms with Crippen LogP contribution in [0.3, 0.4) is 0 Å². The van der Waals surface area contributed by atoms with Crippen LogP contribution in [0, 0.1) is 11.8 Å². The Bertz CT molecular complexity index is 2240. The first kappa shape index (κ1) is 50.4. The molecule has 1 aliphatic carbocycles. The van der Waals surface area contributed by atoms with Crippen LogP contribution in [0.15, 0.2) is 106 Å². The van der Waals surface area contributed by atoms with E-state index in [-0.39, 0.29) is 67.8 Å². The van der Waals surface area contributed by atoms with Crippen molar-refractivity contribution in [2.75, 3.05) is 106 Å². The number of esters is 1. The Labute approximate surface area is 386 Å². The van der Waals surface area contributed by atoms with Crippen LogP contribution < -0.4 is 5.32 Å². The topological polar surface area (TPSA) is 215 Å². The van der Waals surface area contributed by atoms with Crippen LogP contribution >= 0.6 is 0 Å². The SMILES string of the molecule is CC(=O)C1=C(C)C2=NC1=CC1=C(C)C3=C(O)CC(=C4NC(=CC5=NC(=C2)C(C(C)=O)=C5C)[C@@H](C)[C@@H]4CCC(=O)OCCOCCOCCOCCOCCOCCOCCOCCO)C3=N1. The largest absolute Gasteiger partial charge is 0.511 e. The van der Waals surface area contributed by atoms with Gasteiger partial charge in [0.1, 0.15) is 12.4 Å². The van der Waals surface area contributed by atoms with Crippen molar-refractivity contribution >= 4 is 34.7 Å². The second-order valence-electron chi connectivity index (χ2n) is 16.4. The van der Waals surface area contributed by atoms with Crippen molar-refractivity contribution in [3.8, 4) is 0 Å². The van der Waals surface area contributed by atoms with Gasteiger partial charge in [-0.2, -0.15) is 0 Å². The summed E-state index contributed by atoms with van der Waals surface area (Å²) in [7, 11) is 0. The molecule has 17 heteroatoms.